The fraction of sp³-hybridized carbons (Fsp3) is 0.615. The van der Waals surface area contributed by atoms with Crippen LogP contribution in [0.2, 0.25) is 0 Å². The molecule has 0 unspecified atom stereocenters. The van der Waals surface area contributed by atoms with Crippen molar-refractivity contribution in [3.63, 3.8) is 0 Å². The highest BCUT2D eigenvalue weighted by atomic mass is 16.5. The van der Waals surface area contributed by atoms with Crippen LogP contribution in [0.25, 0.3) is 10.9 Å². The molecule has 0 bridgehead atoms. The minimum Gasteiger partial charge on any atom is -0.464 e. The molecule has 0 radical (unpaired) electrons. The van der Waals surface area contributed by atoms with Crippen LogP contribution in [0.4, 0.5) is 0 Å². The third-order valence-corrected chi connectivity index (χ3v) is 5.70. The molecule has 5 nitrogen and oxygen atoms in total. The Morgan fingerprint density at radius 2 is 1.55 bits per heavy atom. The number of hydrogen-bond acceptors (Lipinski definition) is 3. The molecule has 1 aromatic carbocycles. The number of esters is 1. The van der Waals surface area contributed by atoms with Gasteiger partial charge in [-0.3, -0.25) is 9.59 Å². The van der Waals surface area contributed by atoms with E-state index in [1.54, 1.807) is 0 Å². The van der Waals surface area contributed by atoms with E-state index in [2.05, 4.69) is 17.2 Å². The number of nitrogens with one attached hydrogen (secondary N) is 2. The summed E-state index contributed by atoms with van der Waals surface area (Å²) < 4.78 is 5.26. The zero-order valence-corrected chi connectivity index (χ0v) is 19.2. The number of aromatic amines is 1. The molecule has 0 fully saturated rings. The molecule has 0 saturated heterocycles. The highest BCUT2D eigenvalue weighted by Gasteiger charge is 2.09. The average Bonchev–Trinajstić information content (AvgIpc) is 3.18. The summed E-state index contributed by atoms with van der Waals surface area (Å²) in [6.07, 6.45) is 16.7. The van der Waals surface area contributed by atoms with Crippen molar-refractivity contribution in [2.45, 2.75) is 90.4 Å². The summed E-state index contributed by atoms with van der Waals surface area (Å²) in [6, 6.07) is 7.88. The van der Waals surface area contributed by atoms with Gasteiger partial charge in [0.05, 0.1) is 13.0 Å². The van der Waals surface area contributed by atoms with Crippen LogP contribution in [0, 0.1) is 0 Å². The molecule has 2 rings (SSSR count). The van der Waals surface area contributed by atoms with E-state index in [1.165, 1.54) is 57.8 Å². The molecule has 1 amide bonds. The normalized spacial score (nSPS) is 11.0. The van der Waals surface area contributed by atoms with Gasteiger partial charge < -0.3 is 15.0 Å². The molecular weight excluding hydrogens is 388 g/mol. The van der Waals surface area contributed by atoms with Gasteiger partial charge in [0.15, 0.2) is 0 Å². The summed E-state index contributed by atoms with van der Waals surface area (Å²) in [6.45, 7) is 2.84. The number of unbranched alkanes of at least 4 members (excludes halogenated alkanes) is 10. The Labute approximate surface area is 187 Å². The standard InChI is InChI=1S/C26H40N2O3/c1-2-3-4-5-6-7-8-9-10-11-12-17-25(29)27-18-19-31-26(30)20-22-21-28-24-16-14-13-15-23(22)24/h13-16,21,28H,2-12,17-20H2,1H3,(H,27,29). The number of fused-ring (bicyclic) bond motifs is 1. The van der Waals surface area contributed by atoms with Crippen molar-refractivity contribution in [2.24, 2.45) is 0 Å². The first kappa shape index (κ1) is 25.0. The Morgan fingerprint density at radius 3 is 2.26 bits per heavy atom. The number of ether oxygens (including phenoxy) is 1. The second-order valence-corrected chi connectivity index (χ2v) is 8.39. The van der Waals surface area contributed by atoms with Crippen molar-refractivity contribution >= 4 is 22.8 Å². The van der Waals surface area contributed by atoms with Gasteiger partial charge in [-0.15, -0.1) is 0 Å². The van der Waals surface area contributed by atoms with Crippen LogP contribution in [0.15, 0.2) is 30.5 Å². The number of aromatic nitrogens is 1. The van der Waals surface area contributed by atoms with Gasteiger partial charge >= 0.3 is 5.97 Å². The molecule has 2 N–H and O–H groups in total. The maximum Gasteiger partial charge on any atom is 0.310 e. The lowest BCUT2D eigenvalue weighted by molar-refractivity contribution is -0.143. The maximum absolute atomic E-state index is 12.0. The maximum atomic E-state index is 12.0. The molecule has 2 aromatic rings. The molecule has 0 spiro atoms. The molecule has 31 heavy (non-hydrogen) atoms. The predicted molar refractivity (Wildman–Crippen MR) is 127 cm³/mol. The SMILES string of the molecule is CCCCCCCCCCCCCC(=O)NCCOC(=O)Cc1c[nH]c2ccccc12. The van der Waals surface area contributed by atoms with Crippen molar-refractivity contribution in [3.8, 4) is 0 Å². The van der Waals surface area contributed by atoms with Gasteiger partial charge in [0, 0.05) is 23.5 Å². The van der Waals surface area contributed by atoms with Gasteiger partial charge in [0.1, 0.15) is 6.61 Å². The highest BCUT2D eigenvalue weighted by Crippen LogP contribution is 2.18. The zero-order chi connectivity index (χ0) is 22.2. The van der Waals surface area contributed by atoms with E-state index in [1.807, 2.05) is 30.5 Å². The lowest BCUT2D eigenvalue weighted by Crippen LogP contribution is -2.28. The third kappa shape index (κ3) is 10.5. The second-order valence-electron chi connectivity index (χ2n) is 8.39. The molecular formula is C26H40N2O3. The van der Waals surface area contributed by atoms with Crippen LogP contribution in [0.5, 0.6) is 0 Å². The Kier molecular flexibility index (Phi) is 12.5. The van der Waals surface area contributed by atoms with Crippen LogP contribution >= 0.6 is 0 Å². The Balaban J connectivity index is 1.41. The molecule has 0 atom stereocenters. The summed E-state index contributed by atoms with van der Waals surface area (Å²) in [7, 11) is 0. The first-order valence-corrected chi connectivity index (χ1v) is 12.2. The fourth-order valence-electron chi connectivity index (χ4n) is 3.88. The number of H-pyrrole nitrogens is 1. The molecule has 5 heteroatoms. The van der Waals surface area contributed by atoms with E-state index < -0.39 is 0 Å². The van der Waals surface area contributed by atoms with Crippen LogP contribution in [0.3, 0.4) is 0 Å². The Bertz CT molecular complexity index is 769. The summed E-state index contributed by atoms with van der Waals surface area (Å²) >= 11 is 0. The number of para-hydroxylation sites is 1. The Morgan fingerprint density at radius 1 is 0.903 bits per heavy atom. The van der Waals surface area contributed by atoms with Crippen molar-refractivity contribution < 1.29 is 14.3 Å². The number of benzene rings is 1. The summed E-state index contributed by atoms with van der Waals surface area (Å²) in [5, 5.41) is 3.88. The van der Waals surface area contributed by atoms with Gasteiger partial charge in [0.2, 0.25) is 5.91 Å². The van der Waals surface area contributed by atoms with Crippen molar-refractivity contribution in [3.05, 3.63) is 36.0 Å². The van der Waals surface area contributed by atoms with Gasteiger partial charge in [-0.25, -0.2) is 0 Å². The lowest BCUT2D eigenvalue weighted by atomic mass is 10.1. The molecule has 1 heterocycles. The number of carbonyl (C=O) groups excluding carboxylic acids is 2. The first-order chi connectivity index (χ1) is 15.2. The predicted octanol–water partition coefficient (Wildman–Crippen LogP) is 6.07. The minimum atomic E-state index is -0.274. The van der Waals surface area contributed by atoms with Gasteiger partial charge in [-0.1, -0.05) is 89.3 Å². The van der Waals surface area contributed by atoms with Gasteiger partial charge in [-0.05, 0) is 18.1 Å². The summed E-state index contributed by atoms with van der Waals surface area (Å²) in [5.41, 5.74) is 1.95. The van der Waals surface area contributed by atoms with E-state index in [9.17, 15) is 9.59 Å². The molecule has 0 aliphatic heterocycles. The van der Waals surface area contributed by atoms with Gasteiger partial charge in [0.25, 0.3) is 0 Å². The largest absolute Gasteiger partial charge is 0.464 e. The number of carbonyl (C=O) groups is 2. The number of hydrogen-bond donors (Lipinski definition) is 2. The summed E-state index contributed by atoms with van der Waals surface area (Å²) in [5.74, 6) is -0.229. The van der Waals surface area contributed by atoms with Crippen molar-refractivity contribution in [1.29, 1.82) is 0 Å². The van der Waals surface area contributed by atoms with Crippen molar-refractivity contribution in [1.82, 2.24) is 10.3 Å². The Hall–Kier alpha value is -2.30. The smallest absolute Gasteiger partial charge is 0.310 e. The highest BCUT2D eigenvalue weighted by molar-refractivity contribution is 5.87. The van der Waals surface area contributed by atoms with Gasteiger partial charge in [-0.2, -0.15) is 0 Å². The van der Waals surface area contributed by atoms with E-state index in [4.69, 9.17) is 4.74 Å². The molecule has 0 aliphatic carbocycles. The topological polar surface area (TPSA) is 71.2 Å². The van der Waals surface area contributed by atoms with Crippen LogP contribution in [-0.2, 0) is 20.7 Å². The quantitative estimate of drug-likeness (QED) is 0.237. The minimum absolute atomic E-state index is 0.0450. The molecule has 172 valence electrons. The zero-order valence-electron chi connectivity index (χ0n) is 19.2. The first-order valence-electron chi connectivity index (χ1n) is 12.2. The second kappa shape index (κ2) is 15.5. The molecule has 0 saturated carbocycles. The van der Waals surface area contributed by atoms with E-state index in [-0.39, 0.29) is 24.9 Å². The van der Waals surface area contributed by atoms with Crippen LogP contribution in [0.1, 0.15) is 89.5 Å². The lowest BCUT2D eigenvalue weighted by Gasteiger charge is -2.07. The number of amides is 1. The third-order valence-electron chi connectivity index (χ3n) is 5.70. The van der Waals surface area contributed by atoms with Crippen molar-refractivity contribution in [2.75, 3.05) is 13.2 Å². The summed E-state index contributed by atoms with van der Waals surface area (Å²) in [4.78, 5) is 27.1. The van der Waals surface area contributed by atoms with E-state index in [0.717, 1.165) is 29.3 Å². The average molecular weight is 429 g/mol. The monoisotopic (exact) mass is 428 g/mol. The molecule has 1 aromatic heterocycles. The van der Waals surface area contributed by atoms with Crippen LogP contribution < -0.4 is 5.32 Å². The molecule has 0 aliphatic rings. The van der Waals surface area contributed by atoms with Crippen LogP contribution in [-0.4, -0.2) is 30.0 Å². The number of rotatable bonds is 17. The van der Waals surface area contributed by atoms with E-state index in [0.29, 0.717) is 13.0 Å². The fourth-order valence-corrected chi connectivity index (χ4v) is 3.88. The van der Waals surface area contributed by atoms with E-state index >= 15 is 0 Å².